The van der Waals surface area contributed by atoms with Gasteiger partial charge >= 0.3 is 0 Å². The van der Waals surface area contributed by atoms with Crippen molar-refractivity contribution in [2.24, 2.45) is 0 Å². The van der Waals surface area contributed by atoms with E-state index in [2.05, 4.69) is 16.2 Å². The van der Waals surface area contributed by atoms with Crippen molar-refractivity contribution in [2.75, 3.05) is 18.6 Å². The monoisotopic (exact) mass is 329 g/mol. The SMILES string of the molecule is O=C(NC(=S)NNc1ccccc1)c1ccc2c(c1)OCCO2. The Balaban J connectivity index is 1.57. The van der Waals surface area contributed by atoms with E-state index in [0.717, 1.165) is 5.69 Å². The van der Waals surface area contributed by atoms with Crippen LogP contribution in [-0.2, 0) is 0 Å². The van der Waals surface area contributed by atoms with Crippen molar-refractivity contribution >= 4 is 28.9 Å². The van der Waals surface area contributed by atoms with Gasteiger partial charge in [0.25, 0.3) is 5.91 Å². The Morgan fingerprint density at radius 3 is 2.52 bits per heavy atom. The molecule has 0 aromatic heterocycles. The van der Waals surface area contributed by atoms with Gasteiger partial charge in [0.2, 0.25) is 0 Å². The molecule has 0 radical (unpaired) electrons. The van der Waals surface area contributed by atoms with Crippen LogP contribution in [0.2, 0.25) is 0 Å². The molecule has 0 fully saturated rings. The number of thiocarbonyl (C=S) groups is 1. The van der Waals surface area contributed by atoms with E-state index < -0.39 is 0 Å². The lowest BCUT2D eigenvalue weighted by molar-refractivity contribution is 0.0975. The van der Waals surface area contributed by atoms with E-state index in [0.29, 0.717) is 30.3 Å². The third kappa shape index (κ3) is 3.89. The lowest BCUT2D eigenvalue weighted by Gasteiger charge is -2.18. The minimum absolute atomic E-state index is 0.175. The predicted molar refractivity (Wildman–Crippen MR) is 90.7 cm³/mol. The summed E-state index contributed by atoms with van der Waals surface area (Å²) in [5.74, 6) is 0.874. The Hall–Kier alpha value is -2.80. The van der Waals surface area contributed by atoms with E-state index in [1.54, 1.807) is 18.2 Å². The normalized spacial score (nSPS) is 12.2. The number of amides is 1. The van der Waals surface area contributed by atoms with Gasteiger partial charge in [-0.05, 0) is 42.5 Å². The van der Waals surface area contributed by atoms with Gasteiger partial charge < -0.3 is 9.47 Å². The summed E-state index contributed by atoms with van der Waals surface area (Å²) >= 11 is 5.09. The molecule has 0 atom stereocenters. The molecule has 7 heteroatoms. The second kappa shape index (κ2) is 6.97. The number of hydrogen-bond donors (Lipinski definition) is 3. The molecular formula is C16H15N3O3S. The van der Waals surface area contributed by atoms with Crippen molar-refractivity contribution in [1.82, 2.24) is 10.7 Å². The second-order valence-corrected chi connectivity index (χ2v) is 5.17. The van der Waals surface area contributed by atoms with Gasteiger partial charge in [0.1, 0.15) is 13.2 Å². The van der Waals surface area contributed by atoms with E-state index in [-0.39, 0.29) is 11.0 Å². The number of fused-ring (bicyclic) bond motifs is 1. The maximum atomic E-state index is 12.2. The van der Waals surface area contributed by atoms with Crippen LogP contribution in [0.3, 0.4) is 0 Å². The molecule has 6 nitrogen and oxygen atoms in total. The minimum Gasteiger partial charge on any atom is -0.486 e. The fraction of sp³-hybridized carbons (Fsp3) is 0.125. The quantitative estimate of drug-likeness (QED) is 0.592. The van der Waals surface area contributed by atoms with Crippen LogP contribution in [0, 0.1) is 0 Å². The number of hydrogen-bond acceptors (Lipinski definition) is 5. The van der Waals surface area contributed by atoms with E-state index in [1.807, 2.05) is 30.3 Å². The van der Waals surface area contributed by atoms with Crippen LogP contribution in [0.25, 0.3) is 0 Å². The van der Waals surface area contributed by atoms with Crippen molar-refractivity contribution in [3.8, 4) is 11.5 Å². The van der Waals surface area contributed by atoms with Crippen molar-refractivity contribution in [3.05, 3.63) is 54.1 Å². The summed E-state index contributed by atoms with van der Waals surface area (Å²) in [5, 5.41) is 2.77. The van der Waals surface area contributed by atoms with Crippen LogP contribution in [-0.4, -0.2) is 24.2 Å². The Bertz CT molecular complexity index is 722. The van der Waals surface area contributed by atoms with Crippen LogP contribution < -0.4 is 25.6 Å². The Kier molecular flexibility index (Phi) is 4.58. The first-order valence-electron chi connectivity index (χ1n) is 7.04. The first-order valence-corrected chi connectivity index (χ1v) is 7.45. The summed E-state index contributed by atoms with van der Waals surface area (Å²) in [6.45, 7) is 0.983. The molecular weight excluding hydrogens is 314 g/mol. The molecule has 0 saturated heterocycles. The molecule has 3 N–H and O–H groups in total. The van der Waals surface area contributed by atoms with Crippen LogP contribution in [0.15, 0.2) is 48.5 Å². The molecule has 118 valence electrons. The number of carbonyl (C=O) groups is 1. The standard InChI is InChI=1S/C16H15N3O3S/c20-15(11-6-7-13-14(10-11)22-9-8-21-13)17-16(23)19-18-12-4-2-1-3-5-12/h1-7,10,18H,8-9H2,(H2,17,19,20,23). The van der Waals surface area contributed by atoms with Gasteiger partial charge in [0.05, 0.1) is 5.69 Å². The molecule has 0 bridgehead atoms. The molecule has 1 aliphatic rings. The summed E-state index contributed by atoms with van der Waals surface area (Å²) in [4.78, 5) is 12.2. The lowest BCUT2D eigenvalue weighted by atomic mass is 10.2. The molecule has 0 aliphatic carbocycles. The highest BCUT2D eigenvalue weighted by Gasteiger charge is 2.15. The molecule has 0 saturated carbocycles. The third-order valence-electron chi connectivity index (χ3n) is 3.13. The van der Waals surface area contributed by atoms with Gasteiger partial charge in [-0.2, -0.15) is 0 Å². The lowest BCUT2D eigenvalue weighted by Crippen LogP contribution is -2.41. The Morgan fingerprint density at radius 1 is 1.00 bits per heavy atom. The summed E-state index contributed by atoms with van der Waals surface area (Å²) < 4.78 is 10.9. The zero-order chi connectivity index (χ0) is 16.1. The zero-order valence-electron chi connectivity index (χ0n) is 12.2. The number of para-hydroxylation sites is 1. The summed E-state index contributed by atoms with van der Waals surface area (Å²) in [6.07, 6.45) is 0. The highest BCUT2D eigenvalue weighted by atomic mass is 32.1. The van der Waals surface area contributed by atoms with Crippen molar-refractivity contribution < 1.29 is 14.3 Å². The van der Waals surface area contributed by atoms with Crippen molar-refractivity contribution in [1.29, 1.82) is 0 Å². The maximum absolute atomic E-state index is 12.2. The minimum atomic E-state index is -0.325. The summed E-state index contributed by atoms with van der Waals surface area (Å²) in [6, 6.07) is 14.4. The average molecular weight is 329 g/mol. The van der Waals surface area contributed by atoms with Crippen molar-refractivity contribution in [3.63, 3.8) is 0 Å². The van der Waals surface area contributed by atoms with E-state index >= 15 is 0 Å². The number of anilines is 1. The molecule has 1 amide bonds. The van der Waals surface area contributed by atoms with E-state index in [9.17, 15) is 4.79 Å². The highest BCUT2D eigenvalue weighted by molar-refractivity contribution is 7.80. The van der Waals surface area contributed by atoms with Crippen LogP contribution in [0.4, 0.5) is 5.69 Å². The largest absolute Gasteiger partial charge is 0.486 e. The van der Waals surface area contributed by atoms with Gasteiger partial charge in [-0.15, -0.1) is 0 Å². The summed E-state index contributed by atoms with van der Waals surface area (Å²) in [7, 11) is 0. The first-order chi connectivity index (χ1) is 11.2. The van der Waals surface area contributed by atoms with Gasteiger partial charge in [0.15, 0.2) is 16.6 Å². The molecule has 1 heterocycles. The number of benzene rings is 2. The Morgan fingerprint density at radius 2 is 1.74 bits per heavy atom. The first kappa shape index (κ1) is 15.1. The number of nitrogens with one attached hydrogen (secondary N) is 3. The van der Waals surface area contributed by atoms with Gasteiger partial charge in [-0.1, -0.05) is 18.2 Å². The second-order valence-electron chi connectivity index (χ2n) is 4.76. The average Bonchev–Trinajstić information content (AvgIpc) is 2.60. The van der Waals surface area contributed by atoms with E-state index in [1.165, 1.54) is 0 Å². The number of rotatable bonds is 3. The molecule has 3 rings (SSSR count). The number of ether oxygens (including phenoxy) is 2. The molecule has 2 aromatic rings. The van der Waals surface area contributed by atoms with Crippen LogP contribution in [0.1, 0.15) is 10.4 Å². The highest BCUT2D eigenvalue weighted by Crippen LogP contribution is 2.30. The fourth-order valence-electron chi connectivity index (χ4n) is 2.04. The number of hydrazine groups is 1. The van der Waals surface area contributed by atoms with Gasteiger partial charge in [-0.25, -0.2) is 0 Å². The fourth-order valence-corrected chi connectivity index (χ4v) is 2.19. The smallest absolute Gasteiger partial charge is 0.257 e. The molecule has 23 heavy (non-hydrogen) atoms. The predicted octanol–water partition coefficient (Wildman–Crippen LogP) is 2.09. The van der Waals surface area contributed by atoms with Gasteiger partial charge in [0, 0.05) is 5.56 Å². The number of carbonyl (C=O) groups excluding carboxylic acids is 1. The molecule has 0 unspecified atom stereocenters. The van der Waals surface area contributed by atoms with Crippen LogP contribution in [0.5, 0.6) is 11.5 Å². The topological polar surface area (TPSA) is 71.6 Å². The molecule has 0 spiro atoms. The van der Waals surface area contributed by atoms with Crippen molar-refractivity contribution in [2.45, 2.75) is 0 Å². The van der Waals surface area contributed by atoms with Crippen LogP contribution >= 0.6 is 12.2 Å². The molecule has 1 aliphatic heterocycles. The van der Waals surface area contributed by atoms with Gasteiger partial charge in [-0.3, -0.25) is 21.0 Å². The van der Waals surface area contributed by atoms with E-state index in [4.69, 9.17) is 21.7 Å². The molecule has 2 aromatic carbocycles. The summed E-state index contributed by atoms with van der Waals surface area (Å²) in [5.41, 5.74) is 6.94. The Labute approximate surface area is 138 Å². The maximum Gasteiger partial charge on any atom is 0.257 e. The zero-order valence-corrected chi connectivity index (χ0v) is 13.0. The third-order valence-corrected chi connectivity index (χ3v) is 3.33.